The fourth-order valence-electron chi connectivity index (χ4n) is 1.80. The molecule has 1 amide bonds. The summed E-state index contributed by atoms with van der Waals surface area (Å²) >= 11 is 0. The third-order valence-corrected chi connectivity index (χ3v) is 2.80. The predicted octanol–water partition coefficient (Wildman–Crippen LogP) is 1.38. The van der Waals surface area contributed by atoms with Crippen LogP contribution in [-0.2, 0) is 11.2 Å². The lowest BCUT2D eigenvalue weighted by Crippen LogP contribution is -2.40. The molecule has 0 heterocycles. The van der Waals surface area contributed by atoms with E-state index >= 15 is 0 Å². The van der Waals surface area contributed by atoms with Crippen molar-refractivity contribution in [3.8, 4) is 0 Å². The number of nitrogens with two attached hydrogens (primary N) is 1. The van der Waals surface area contributed by atoms with Gasteiger partial charge in [0.25, 0.3) is 5.69 Å². The van der Waals surface area contributed by atoms with Crippen LogP contribution in [0.25, 0.3) is 0 Å². The molecule has 1 aromatic rings. The first kappa shape index (κ1) is 15.1. The van der Waals surface area contributed by atoms with Gasteiger partial charge in [0, 0.05) is 24.7 Å². The van der Waals surface area contributed by atoms with Crippen molar-refractivity contribution in [1.82, 2.24) is 5.32 Å². The maximum atomic E-state index is 11.8. The monoisotopic (exact) mass is 265 g/mol. The number of nitrogens with zero attached hydrogens (tertiary/aromatic N) is 1. The number of benzene rings is 1. The highest BCUT2D eigenvalue weighted by molar-refractivity contribution is 5.78. The maximum absolute atomic E-state index is 11.8. The smallest absolute Gasteiger partial charge is 0.269 e. The minimum absolute atomic E-state index is 0.00412. The lowest BCUT2D eigenvalue weighted by Gasteiger charge is -2.15. The van der Waals surface area contributed by atoms with E-state index in [1.165, 1.54) is 12.1 Å². The molecule has 6 nitrogen and oxygen atoms in total. The topological polar surface area (TPSA) is 98.3 Å². The van der Waals surface area contributed by atoms with Gasteiger partial charge in [-0.1, -0.05) is 25.5 Å². The third kappa shape index (κ3) is 5.05. The molecule has 0 aliphatic rings. The number of non-ortho nitro benzene ring substituents is 1. The van der Waals surface area contributed by atoms with Gasteiger partial charge in [-0.15, -0.1) is 0 Å². The molecule has 0 aliphatic carbocycles. The van der Waals surface area contributed by atoms with E-state index in [2.05, 4.69) is 5.32 Å². The summed E-state index contributed by atoms with van der Waals surface area (Å²) in [5.74, 6) is -0.113. The Labute approximate surface area is 112 Å². The van der Waals surface area contributed by atoms with Crippen molar-refractivity contribution in [3.63, 3.8) is 0 Å². The zero-order chi connectivity index (χ0) is 14.3. The van der Waals surface area contributed by atoms with Crippen LogP contribution in [0.1, 0.15) is 25.3 Å². The molecule has 6 heteroatoms. The summed E-state index contributed by atoms with van der Waals surface area (Å²) in [7, 11) is 0. The second-order valence-corrected chi connectivity index (χ2v) is 4.39. The molecule has 104 valence electrons. The van der Waals surface area contributed by atoms with E-state index in [1.807, 2.05) is 6.92 Å². The number of nitro groups is 1. The van der Waals surface area contributed by atoms with Gasteiger partial charge in [-0.2, -0.15) is 0 Å². The second-order valence-electron chi connectivity index (χ2n) is 4.39. The number of amides is 1. The molecule has 0 aliphatic heterocycles. The normalized spacial score (nSPS) is 11.9. The minimum Gasteiger partial charge on any atom is -0.352 e. The van der Waals surface area contributed by atoms with Gasteiger partial charge in [-0.05, 0) is 12.0 Å². The van der Waals surface area contributed by atoms with Crippen molar-refractivity contribution in [2.75, 3.05) is 6.54 Å². The summed E-state index contributed by atoms with van der Waals surface area (Å²) in [6, 6.07) is 5.98. The van der Waals surface area contributed by atoms with Crippen LogP contribution in [0.2, 0.25) is 0 Å². The number of carbonyl (C=O) groups excluding carboxylic acids is 1. The molecular formula is C13H19N3O3. The van der Waals surface area contributed by atoms with Crippen LogP contribution in [0.5, 0.6) is 0 Å². The third-order valence-electron chi connectivity index (χ3n) is 2.80. The summed E-state index contributed by atoms with van der Waals surface area (Å²) in [5, 5.41) is 13.4. The number of rotatable bonds is 7. The Bertz CT molecular complexity index is 431. The van der Waals surface area contributed by atoms with Crippen LogP contribution in [0.3, 0.4) is 0 Å². The standard InChI is InChI=1S/C13H19N3O3/c1-2-3-11(9-14)15-13(17)8-10-4-6-12(7-5-10)16(18)19/h4-7,11H,2-3,8-9,14H2,1H3,(H,15,17). The van der Waals surface area contributed by atoms with E-state index < -0.39 is 4.92 Å². The van der Waals surface area contributed by atoms with Crippen molar-refractivity contribution in [1.29, 1.82) is 0 Å². The van der Waals surface area contributed by atoms with Crippen LogP contribution in [0.4, 0.5) is 5.69 Å². The molecular weight excluding hydrogens is 246 g/mol. The first-order valence-electron chi connectivity index (χ1n) is 6.29. The summed E-state index contributed by atoms with van der Waals surface area (Å²) < 4.78 is 0. The van der Waals surface area contributed by atoms with E-state index in [0.29, 0.717) is 6.54 Å². The average Bonchev–Trinajstić information content (AvgIpc) is 2.38. The number of nitro benzene ring substituents is 1. The minimum atomic E-state index is -0.463. The molecule has 0 saturated carbocycles. The number of hydrogen-bond acceptors (Lipinski definition) is 4. The van der Waals surface area contributed by atoms with Crippen molar-refractivity contribution in [2.24, 2.45) is 5.73 Å². The summed E-state index contributed by atoms with van der Waals surface area (Å²) in [6.45, 7) is 2.45. The highest BCUT2D eigenvalue weighted by atomic mass is 16.6. The molecule has 1 unspecified atom stereocenters. The first-order valence-corrected chi connectivity index (χ1v) is 6.29. The zero-order valence-electron chi connectivity index (χ0n) is 11.0. The van der Waals surface area contributed by atoms with E-state index in [4.69, 9.17) is 5.73 Å². The number of carbonyl (C=O) groups is 1. The Morgan fingerprint density at radius 1 is 1.42 bits per heavy atom. The van der Waals surface area contributed by atoms with Gasteiger partial charge < -0.3 is 11.1 Å². The van der Waals surface area contributed by atoms with E-state index in [1.54, 1.807) is 12.1 Å². The van der Waals surface area contributed by atoms with Crippen LogP contribution >= 0.6 is 0 Å². The molecule has 0 fully saturated rings. The van der Waals surface area contributed by atoms with Gasteiger partial charge in [0.1, 0.15) is 0 Å². The van der Waals surface area contributed by atoms with Gasteiger partial charge in [-0.25, -0.2) is 0 Å². The molecule has 19 heavy (non-hydrogen) atoms. The van der Waals surface area contributed by atoms with Crippen molar-refractivity contribution in [2.45, 2.75) is 32.2 Å². The van der Waals surface area contributed by atoms with Gasteiger partial charge in [0.15, 0.2) is 0 Å². The Hall–Kier alpha value is -1.95. The summed E-state index contributed by atoms with van der Waals surface area (Å²) in [4.78, 5) is 21.8. The van der Waals surface area contributed by atoms with E-state index in [-0.39, 0.29) is 24.1 Å². The van der Waals surface area contributed by atoms with Crippen molar-refractivity contribution in [3.05, 3.63) is 39.9 Å². The van der Waals surface area contributed by atoms with E-state index in [0.717, 1.165) is 18.4 Å². The lowest BCUT2D eigenvalue weighted by atomic mass is 10.1. The number of nitrogens with one attached hydrogen (secondary N) is 1. The summed E-state index contributed by atoms with van der Waals surface area (Å²) in [6.07, 6.45) is 2.01. The van der Waals surface area contributed by atoms with Gasteiger partial charge >= 0.3 is 0 Å². The predicted molar refractivity (Wildman–Crippen MR) is 72.7 cm³/mol. The quantitative estimate of drug-likeness (QED) is 0.574. The molecule has 3 N–H and O–H groups in total. The van der Waals surface area contributed by atoms with Gasteiger partial charge in [0.2, 0.25) is 5.91 Å². The van der Waals surface area contributed by atoms with Crippen molar-refractivity contribution < 1.29 is 9.72 Å². The largest absolute Gasteiger partial charge is 0.352 e. The highest BCUT2D eigenvalue weighted by Gasteiger charge is 2.11. The Morgan fingerprint density at radius 3 is 2.53 bits per heavy atom. The van der Waals surface area contributed by atoms with Crippen molar-refractivity contribution >= 4 is 11.6 Å². The Balaban J connectivity index is 2.54. The molecule has 0 aromatic heterocycles. The fraction of sp³-hybridized carbons (Fsp3) is 0.462. The maximum Gasteiger partial charge on any atom is 0.269 e. The molecule has 1 atom stereocenters. The first-order chi connectivity index (χ1) is 9.06. The van der Waals surface area contributed by atoms with Crippen LogP contribution in [0, 0.1) is 10.1 Å². The zero-order valence-corrected chi connectivity index (χ0v) is 11.0. The highest BCUT2D eigenvalue weighted by Crippen LogP contribution is 2.12. The lowest BCUT2D eigenvalue weighted by molar-refractivity contribution is -0.384. The molecule has 1 aromatic carbocycles. The van der Waals surface area contributed by atoms with Gasteiger partial charge in [0.05, 0.1) is 11.3 Å². The molecule has 1 rings (SSSR count). The molecule has 0 spiro atoms. The average molecular weight is 265 g/mol. The van der Waals surface area contributed by atoms with Crippen LogP contribution in [0.15, 0.2) is 24.3 Å². The fourth-order valence-corrected chi connectivity index (χ4v) is 1.80. The molecule has 0 saturated heterocycles. The van der Waals surface area contributed by atoms with Crippen LogP contribution < -0.4 is 11.1 Å². The molecule has 0 radical (unpaired) electrons. The SMILES string of the molecule is CCCC(CN)NC(=O)Cc1ccc([N+](=O)[O-])cc1. The Morgan fingerprint density at radius 2 is 2.05 bits per heavy atom. The number of hydrogen-bond donors (Lipinski definition) is 2. The van der Waals surface area contributed by atoms with E-state index in [9.17, 15) is 14.9 Å². The Kier molecular flexibility index (Phi) is 5.95. The molecule has 0 bridgehead atoms. The summed E-state index contributed by atoms with van der Waals surface area (Å²) in [5.41, 5.74) is 6.33. The van der Waals surface area contributed by atoms with Crippen LogP contribution in [-0.4, -0.2) is 23.4 Å². The van der Waals surface area contributed by atoms with Gasteiger partial charge in [-0.3, -0.25) is 14.9 Å². The second kappa shape index (κ2) is 7.48.